The maximum Gasteiger partial charge on any atom is 0.255 e. The molecule has 0 aromatic carbocycles. The Morgan fingerprint density at radius 1 is 1.33 bits per heavy atom. The Morgan fingerprint density at radius 2 is 2.20 bits per heavy atom. The van der Waals surface area contributed by atoms with E-state index in [0.717, 1.165) is 18.5 Å². The molecule has 1 N–H and O–H groups in total. The summed E-state index contributed by atoms with van der Waals surface area (Å²) < 4.78 is 1.91. The van der Waals surface area contributed by atoms with E-state index in [1.54, 1.807) is 0 Å². The first-order chi connectivity index (χ1) is 7.36. The summed E-state index contributed by atoms with van der Waals surface area (Å²) in [6, 6.07) is 4.77. The lowest BCUT2D eigenvalue weighted by molar-refractivity contribution is 0.613. The van der Waals surface area contributed by atoms with E-state index < -0.39 is 0 Å². The predicted octanol–water partition coefficient (Wildman–Crippen LogP) is 1.61. The summed E-state index contributed by atoms with van der Waals surface area (Å²) in [6.07, 6.45) is 6.55. The number of aromatic nitrogens is 1. The molecule has 1 aromatic heterocycles. The Kier molecular flexibility index (Phi) is 2.13. The highest BCUT2D eigenvalue weighted by Crippen LogP contribution is 2.33. The number of nitrogens with one attached hydrogen (secondary N) is 1. The van der Waals surface area contributed by atoms with Crippen molar-refractivity contribution >= 4 is 0 Å². The zero-order chi connectivity index (χ0) is 10.3. The Morgan fingerprint density at radius 3 is 2.87 bits per heavy atom. The van der Waals surface area contributed by atoms with Gasteiger partial charge in [0, 0.05) is 23.8 Å². The van der Waals surface area contributed by atoms with E-state index in [1.165, 1.54) is 19.3 Å². The van der Waals surface area contributed by atoms with Crippen LogP contribution in [0, 0.1) is 0 Å². The van der Waals surface area contributed by atoms with Crippen molar-refractivity contribution < 1.29 is 0 Å². The average Bonchev–Trinajstić information content (AvgIpc) is 2.94. The maximum absolute atomic E-state index is 12.2. The molecule has 1 saturated heterocycles. The molecule has 1 saturated carbocycles. The SMILES string of the molecule is O=c1c([C@H]2CCCN2)cccn1C1CC1. The molecule has 1 aromatic rings. The molecule has 0 amide bonds. The summed E-state index contributed by atoms with van der Waals surface area (Å²) in [6.45, 7) is 1.04. The van der Waals surface area contributed by atoms with E-state index in [0.29, 0.717) is 12.1 Å². The molecule has 1 aliphatic heterocycles. The Labute approximate surface area is 89.1 Å². The van der Waals surface area contributed by atoms with Gasteiger partial charge < -0.3 is 9.88 Å². The molecule has 2 aliphatic rings. The van der Waals surface area contributed by atoms with E-state index in [4.69, 9.17) is 0 Å². The van der Waals surface area contributed by atoms with Gasteiger partial charge in [-0.05, 0) is 38.3 Å². The van der Waals surface area contributed by atoms with Crippen molar-refractivity contribution in [3.8, 4) is 0 Å². The fourth-order valence-electron chi connectivity index (χ4n) is 2.38. The summed E-state index contributed by atoms with van der Waals surface area (Å²) in [5, 5.41) is 3.39. The molecule has 80 valence electrons. The quantitative estimate of drug-likeness (QED) is 0.794. The monoisotopic (exact) mass is 204 g/mol. The van der Waals surface area contributed by atoms with Gasteiger partial charge in [-0.1, -0.05) is 6.07 Å². The molecule has 3 nitrogen and oxygen atoms in total. The molecule has 0 spiro atoms. The first-order valence-corrected chi connectivity index (χ1v) is 5.81. The second-order valence-corrected chi connectivity index (χ2v) is 4.56. The van der Waals surface area contributed by atoms with Crippen LogP contribution in [0.1, 0.15) is 43.3 Å². The second-order valence-electron chi connectivity index (χ2n) is 4.56. The van der Waals surface area contributed by atoms with Gasteiger partial charge in [0.05, 0.1) is 0 Å². The highest BCUT2D eigenvalue weighted by atomic mass is 16.1. The predicted molar refractivity (Wildman–Crippen MR) is 59.0 cm³/mol. The molecular weight excluding hydrogens is 188 g/mol. The molecule has 3 heteroatoms. The lowest BCUT2D eigenvalue weighted by atomic mass is 10.1. The van der Waals surface area contributed by atoms with Gasteiger partial charge in [0.2, 0.25) is 0 Å². The van der Waals surface area contributed by atoms with Crippen LogP contribution in [0.2, 0.25) is 0 Å². The maximum atomic E-state index is 12.2. The number of hydrogen-bond donors (Lipinski definition) is 1. The molecule has 1 atom stereocenters. The van der Waals surface area contributed by atoms with Crippen molar-refractivity contribution in [2.24, 2.45) is 0 Å². The van der Waals surface area contributed by atoms with Gasteiger partial charge in [0.25, 0.3) is 5.56 Å². The van der Waals surface area contributed by atoms with Crippen molar-refractivity contribution in [1.82, 2.24) is 9.88 Å². The third-order valence-corrected chi connectivity index (χ3v) is 3.38. The van der Waals surface area contributed by atoms with E-state index in [9.17, 15) is 4.79 Å². The van der Waals surface area contributed by atoms with Gasteiger partial charge in [0.15, 0.2) is 0 Å². The van der Waals surface area contributed by atoms with Crippen LogP contribution in [0.5, 0.6) is 0 Å². The minimum atomic E-state index is 0.222. The highest BCUT2D eigenvalue weighted by Gasteiger charge is 2.26. The van der Waals surface area contributed by atoms with Gasteiger partial charge >= 0.3 is 0 Å². The lowest BCUT2D eigenvalue weighted by Crippen LogP contribution is -2.27. The van der Waals surface area contributed by atoms with Crippen LogP contribution in [0.4, 0.5) is 0 Å². The summed E-state index contributed by atoms with van der Waals surface area (Å²) in [5.41, 5.74) is 1.18. The largest absolute Gasteiger partial charge is 0.312 e. The van der Waals surface area contributed by atoms with Gasteiger partial charge in [-0.15, -0.1) is 0 Å². The summed E-state index contributed by atoms with van der Waals surface area (Å²) in [4.78, 5) is 12.2. The van der Waals surface area contributed by atoms with Crippen LogP contribution >= 0.6 is 0 Å². The molecule has 1 aliphatic carbocycles. The van der Waals surface area contributed by atoms with E-state index in [1.807, 2.05) is 22.9 Å². The Balaban J connectivity index is 1.99. The van der Waals surface area contributed by atoms with Crippen LogP contribution < -0.4 is 10.9 Å². The topological polar surface area (TPSA) is 34.0 Å². The van der Waals surface area contributed by atoms with Gasteiger partial charge in [0.1, 0.15) is 0 Å². The summed E-state index contributed by atoms with van der Waals surface area (Å²) >= 11 is 0. The van der Waals surface area contributed by atoms with Crippen molar-refractivity contribution in [2.45, 2.75) is 37.8 Å². The Hall–Kier alpha value is -1.09. The molecule has 2 heterocycles. The molecule has 2 fully saturated rings. The average molecular weight is 204 g/mol. The first-order valence-electron chi connectivity index (χ1n) is 5.81. The van der Waals surface area contributed by atoms with Gasteiger partial charge in [-0.2, -0.15) is 0 Å². The summed E-state index contributed by atoms with van der Waals surface area (Å²) in [7, 11) is 0. The van der Waals surface area contributed by atoms with E-state index >= 15 is 0 Å². The lowest BCUT2D eigenvalue weighted by Gasteiger charge is -2.12. The van der Waals surface area contributed by atoms with Crippen LogP contribution in [0.25, 0.3) is 0 Å². The zero-order valence-electron chi connectivity index (χ0n) is 8.78. The zero-order valence-corrected chi connectivity index (χ0v) is 8.78. The molecular formula is C12H16N2O. The third kappa shape index (κ3) is 1.61. The smallest absolute Gasteiger partial charge is 0.255 e. The number of pyridine rings is 1. The highest BCUT2D eigenvalue weighted by molar-refractivity contribution is 5.17. The first kappa shape index (κ1) is 9.16. The third-order valence-electron chi connectivity index (χ3n) is 3.38. The van der Waals surface area contributed by atoms with E-state index in [2.05, 4.69) is 5.32 Å². The minimum Gasteiger partial charge on any atom is -0.312 e. The Bertz CT molecular complexity index is 414. The van der Waals surface area contributed by atoms with Gasteiger partial charge in [-0.25, -0.2) is 0 Å². The van der Waals surface area contributed by atoms with Crippen molar-refractivity contribution in [3.63, 3.8) is 0 Å². The standard InChI is InChI=1S/C12H16N2O/c15-12-10(11-4-1-7-13-11)3-2-8-14(12)9-5-6-9/h2-3,8-9,11,13H,1,4-7H2/t11-/m1/s1. The van der Waals surface area contributed by atoms with Crippen molar-refractivity contribution in [2.75, 3.05) is 6.54 Å². The number of nitrogens with zero attached hydrogens (tertiary/aromatic N) is 1. The van der Waals surface area contributed by atoms with Crippen LogP contribution in [-0.4, -0.2) is 11.1 Å². The normalized spacial score (nSPS) is 25.7. The van der Waals surface area contributed by atoms with Gasteiger partial charge in [-0.3, -0.25) is 4.79 Å². The number of hydrogen-bond acceptors (Lipinski definition) is 2. The minimum absolute atomic E-state index is 0.222. The molecule has 0 radical (unpaired) electrons. The van der Waals surface area contributed by atoms with Crippen molar-refractivity contribution in [3.05, 3.63) is 34.2 Å². The van der Waals surface area contributed by atoms with Crippen LogP contribution in [0.3, 0.4) is 0 Å². The molecule has 3 rings (SSSR count). The van der Waals surface area contributed by atoms with Crippen LogP contribution in [0.15, 0.2) is 23.1 Å². The molecule has 0 bridgehead atoms. The summed E-state index contributed by atoms with van der Waals surface area (Å²) in [5.74, 6) is 0. The fourth-order valence-corrected chi connectivity index (χ4v) is 2.38. The number of rotatable bonds is 2. The molecule has 0 unspecified atom stereocenters. The van der Waals surface area contributed by atoms with E-state index in [-0.39, 0.29) is 5.56 Å². The fraction of sp³-hybridized carbons (Fsp3) is 0.583. The van der Waals surface area contributed by atoms with Crippen molar-refractivity contribution in [1.29, 1.82) is 0 Å². The van der Waals surface area contributed by atoms with Crippen LogP contribution in [-0.2, 0) is 0 Å². The molecule has 15 heavy (non-hydrogen) atoms. The second kappa shape index (κ2) is 3.49.